The first kappa shape index (κ1) is 14.2. The lowest BCUT2D eigenvalue weighted by Crippen LogP contribution is -2.14. The van der Waals surface area contributed by atoms with Gasteiger partial charge in [-0.15, -0.1) is 0 Å². The van der Waals surface area contributed by atoms with Crippen LogP contribution in [0.3, 0.4) is 0 Å². The van der Waals surface area contributed by atoms with Crippen LogP contribution in [0.5, 0.6) is 5.75 Å². The molecule has 4 nitrogen and oxygen atoms in total. The van der Waals surface area contributed by atoms with E-state index in [1.165, 1.54) is 6.08 Å². The summed E-state index contributed by atoms with van der Waals surface area (Å²) in [5.74, 6) is -0.362. The van der Waals surface area contributed by atoms with Gasteiger partial charge in [-0.1, -0.05) is 13.8 Å². The Bertz CT molecular complexity index is 437. The summed E-state index contributed by atoms with van der Waals surface area (Å²) in [4.78, 5) is 14.8. The lowest BCUT2D eigenvalue weighted by Gasteiger charge is -2.17. The Morgan fingerprint density at radius 2 is 2.11 bits per heavy atom. The van der Waals surface area contributed by atoms with Crippen LogP contribution >= 0.6 is 0 Å². The van der Waals surface area contributed by atoms with Crippen molar-refractivity contribution < 1.29 is 14.6 Å². The number of carboxylic acids is 1. The molecule has 1 N–H and O–H groups in total. The minimum Gasteiger partial charge on any atom is -0.488 e. The van der Waals surface area contributed by atoms with Crippen LogP contribution in [0, 0.1) is 6.92 Å². The molecule has 98 valence electrons. The topological polar surface area (TPSA) is 59.4 Å². The zero-order chi connectivity index (χ0) is 13.5. The zero-order valence-corrected chi connectivity index (χ0v) is 11.0. The van der Waals surface area contributed by atoms with Gasteiger partial charge in [-0.05, 0) is 38.0 Å². The molecule has 0 bridgehead atoms. The summed E-state index contributed by atoms with van der Waals surface area (Å²) < 4.78 is 5.82. The first-order valence-electron chi connectivity index (χ1n) is 6.12. The van der Waals surface area contributed by atoms with Crippen LogP contribution in [-0.2, 0) is 4.79 Å². The fourth-order valence-corrected chi connectivity index (χ4v) is 1.57. The third-order valence-corrected chi connectivity index (χ3v) is 2.61. The van der Waals surface area contributed by atoms with Gasteiger partial charge in [0, 0.05) is 11.8 Å². The van der Waals surface area contributed by atoms with Crippen molar-refractivity contribution in [3.05, 3.63) is 29.6 Å². The maximum Gasteiger partial charge on any atom is 0.328 e. The van der Waals surface area contributed by atoms with E-state index in [-0.39, 0.29) is 6.10 Å². The molecule has 0 aliphatic carbocycles. The van der Waals surface area contributed by atoms with E-state index in [1.807, 2.05) is 19.1 Å². The van der Waals surface area contributed by atoms with Crippen molar-refractivity contribution in [1.29, 1.82) is 0 Å². The van der Waals surface area contributed by atoms with Crippen molar-refractivity contribution in [1.82, 2.24) is 4.98 Å². The van der Waals surface area contributed by atoms with Gasteiger partial charge in [-0.2, -0.15) is 0 Å². The third-order valence-electron chi connectivity index (χ3n) is 2.61. The Labute approximate surface area is 107 Å². The van der Waals surface area contributed by atoms with E-state index in [0.29, 0.717) is 11.4 Å². The van der Waals surface area contributed by atoms with Gasteiger partial charge in [0.1, 0.15) is 11.4 Å². The van der Waals surface area contributed by atoms with Crippen LogP contribution < -0.4 is 4.74 Å². The van der Waals surface area contributed by atoms with E-state index >= 15 is 0 Å². The average molecular weight is 249 g/mol. The highest BCUT2D eigenvalue weighted by molar-refractivity contribution is 5.85. The summed E-state index contributed by atoms with van der Waals surface area (Å²) in [6.07, 6.45) is 4.49. The number of carbonyl (C=O) groups is 1. The summed E-state index contributed by atoms with van der Waals surface area (Å²) in [7, 11) is 0. The van der Waals surface area contributed by atoms with E-state index in [9.17, 15) is 4.79 Å². The van der Waals surface area contributed by atoms with Crippen molar-refractivity contribution >= 4 is 12.0 Å². The fourth-order valence-electron chi connectivity index (χ4n) is 1.57. The first-order valence-corrected chi connectivity index (χ1v) is 6.12. The molecule has 1 rings (SSSR count). The van der Waals surface area contributed by atoms with Crippen molar-refractivity contribution in [3.8, 4) is 5.75 Å². The number of nitrogens with zero attached hydrogens (tertiary/aromatic N) is 1. The molecule has 1 heterocycles. The Morgan fingerprint density at radius 3 is 2.67 bits per heavy atom. The van der Waals surface area contributed by atoms with Crippen molar-refractivity contribution in [2.24, 2.45) is 0 Å². The first-order chi connectivity index (χ1) is 8.56. The zero-order valence-electron chi connectivity index (χ0n) is 11.0. The number of aliphatic carboxylic acids is 1. The quantitative estimate of drug-likeness (QED) is 0.787. The molecule has 0 radical (unpaired) electrons. The smallest absolute Gasteiger partial charge is 0.328 e. The summed E-state index contributed by atoms with van der Waals surface area (Å²) in [5.41, 5.74) is 1.39. The van der Waals surface area contributed by atoms with Gasteiger partial charge < -0.3 is 9.84 Å². The van der Waals surface area contributed by atoms with Crippen LogP contribution in [0.25, 0.3) is 6.08 Å². The number of rotatable bonds is 6. The maximum atomic E-state index is 10.5. The van der Waals surface area contributed by atoms with Crippen LogP contribution in [-0.4, -0.2) is 22.2 Å². The van der Waals surface area contributed by atoms with Crippen LogP contribution in [0.1, 0.15) is 38.1 Å². The van der Waals surface area contributed by atoms with Crippen LogP contribution in [0.15, 0.2) is 18.2 Å². The van der Waals surface area contributed by atoms with Gasteiger partial charge in [0.15, 0.2) is 0 Å². The normalized spacial score (nSPS) is 11.1. The van der Waals surface area contributed by atoms with E-state index in [1.54, 1.807) is 0 Å². The van der Waals surface area contributed by atoms with Crippen molar-refractivity contribution in [2.75, 3.05) is 0 Å². The van der Waals surface area contributed by atoms with Gasteiger partial charge in [0.2, 0.25) is 0 Å². The largest absolute Gasteiger partial charge is 0.488 e. The highest BCUT2D eigenvalue weighted by Crippen LogP contribution is 2.21. The second kappa shape index (κ2) is 6.79. The molecular weight excluding hydrogens is 230 g/mol. The monoisotopic (exact) mass is 249 g/mol. The van der Waals surface area contributed by atoms with E-state index < -0.39 is 5.97 Å². The van der Waals surface area contributed by atoms with Gasteiger partial charge >= 0.3 is 5.97 Å². The Hall–Kier alpha value is -1.84. The average Bonchev–Trinajstić information content (AvgIpc) is 2.35. The molecule has 0 saturated heterocycles. The molecule has 0 saturated carbocycles. The lowest BCUT2D eigenvalue weighted by atomic mass is 10.2. The number of pyridine rings is 1. The molecule has 0 unspecified atom stereocenters. The standard InChI is InChI=1S/C14H19NO3/c1-4-11(5-2)18-13-8-6-10(3)15-12(13)7-9-14(16)17/h6-9,11H,4-5H2,1-3H3,(H,16,17). The van der Waals surface area contributed by atoms with Crippen LogP contribution in [0.4, 0.5) is 0 Å². The van der Waals surface area contributed by atoms with Gasteiger partial charge in [-0.3, -0.25) is 0 Å². The van der Waals surface area contributed by atoms with Crippen molar-refractivity contribution in [2.45, 2.75) is 39.7 Å². The van der Waals surface area contributed by atoms with Gasteiger partial charge in [-0.25, -0.2) is 9.78 Å². The number of hydrogen-bond donors (Lipinski definition) is 1. The fraction of sp³-hybridized carbons (Fsp3) is 0.429. The molecule has 0 aromatic carbocycles. The summed E-state index contributed by atoms with van der Waals surface area (Å²) in [5, 5.41) is 8.65. The van der Waals surface area contributed by atoms with E-state index in [0.717, 1.165) is 24.6 Å². The third kappa shape index (κ3) is 4.20. The molecule has 0 atom stereocenters. The highest BCUT2D eigenvalue weighted by atomic mass is 16.5. The number of carboxylic acid groups (broad SMARTS) is 1. The molecule has 0 spiro atoms. The number of hydrogen-bond acceptors (Lipinski definition) is 3. The number of aromatic nitrogens is 1. The molecule has 0 aliphatic heterocycles. The molecule has 18 heavy (non-hydrogen) atoms. The Morgan fingerprint density at radius 1 is 1.44 bits per heavy atom. The number of aryl methyl sites for hydroxylation is 1. The summed E-state index contributed by atoms with van der Waals surface area (Å²) in [6, 6.07) is 3.69. The molecule has 0 fully saturated rings. The predicted molar refractivity (Wildman–Crippen MR) is 70.6 cm³/mol. The minimum absolute atomic E-state index is 0.131. The van der Waals surface area contributed by atoms with E-state index in [4.69, 9.17) is 9.84 Å². The number of ether oxygens (including phenoxy) is 1. The molecule has 0 amide bonds. The van der Waals surface area contributed by atoms with Gasteiger partial charge in [0.25, 0.3) is 0 Å². The second-order valence-electron chi connectivity index (χ2n) is 4.06. The second-order valence-corrected chi connectivity index (χ2v) is 4.06. The van der Waals surface area contributed by atoms with Crippen LogP contribution in [0.2, 0.25) is 0 Å². The molecular formula is C14H19NO3. The molecule has 0 aliphatic rings. The predicted octanol–water partition coefficient (Wildman–Crippen LogP) is 3.06. The minimum atomic E-state index is -0.994. The van der Waals surface area contributed by atoms with Gasteiger partial charge in [0.05, 0.1) is 6.10 Å². The Kier molecular flexibility index (Phi) is 5.36. The Balaban J connectivity index is 2.99. The molecule has 4 heteroatoms. The SMILES string of the molecule is CCC(CC)Oc1ccc(C)nc1C=CC(=O)O. The molecule has 1 aromatic rings. The highest BCUT2D eigenvalue weighted by Gasteiger charge is 2.09. The van der Waals surface area contributed by atoms with E-state index in [2.05, 4.69) is 18.8 Å². The maximum absolute atomic E-state index is 10.5. The summed E-state index contributed by atoms with van der Waals surface area (Å²) in [6.45, 7) is 5.98. The van der Waals surface area contributed by atoms with Crippen molar-refractivity contribution in [3.63, 3.8) is 0 Å². The molecule has 1 aromatic heterocycles. The summed E-state index contributed by atoms with van der Waals surface area (Å²) >= 11 is 0. The lowest BCUT2D eigenvalue weighted by molar-refractivity contribution is -0.131.